The van der Waals surface area contributed by atoms with E-state index in [0.29, 0.717) is 6.54 Å². The number of esters is 1. The van der Waals surface area contributed by atoms with Crippen molar-refractivity contribution in [3.8, 4) is 0 Å². The summed E-state index contributed by atoms with van der Waals surface area (Å²) >= 11 is 0. The van der Waals surface area contributed by atoms with Crippen molar-refractivity contribution >= 4 is 21.8 Å². The van der Waals surface area contributed by atoms with Crippen LogP contribution in [0.5, 0.6) is 0 Å². The molecule has 19 heavy (non-hydrogen) atoms. The van der Waals surface area contributed by atoms with Crippen LogP contribution in [-0.2, 0) is 26.1 Å². The molecule has 108 valence electrons. The van der Waals surface area contributed by atoms with Crippen LogP contribution in [0, 0.1) is 0 Å². The lowest BCUT2D eigenvalue weighted by atomic mass is 10.4. The molecule has 0 aliphatic heterocycles. The number of nitrogens with zero attached hydrogens (tertiary/aromatic N) is 2. The highest BCUT2D eigenvalue weighted by Crippen LogP contribution is 2.16. The minimum absolute atomic E-state index is 0.0991. The van der Waals surface area contributed by atoms with E-state index < -0.39 is 22.0 Å². The van der Waals surface area contributed by atoms with Crippen LogP contribution < -0.4 is 10.5 Å². The van der Waals surface area contributed by atoms with E-state index in [4.69, 9.17) is 5.73 Å². The van der Waals surface area contributed by atoms with Crippen LogP contribution in [0.3, 0.4) is 0 Å². The van der Waals surface area contributed by atoms with Crippen molar-refractivity contribution in [1.82, 2.24) is 14.5 Å². The van der Waals surface area contributed by atoms with E-state index in [1.54, 1.807) is 0 Å². The molecule has 1 rings (SSSR count). The van der Waals surface area contributed by atoms with Crippen LogP contribution in [0.15, 0.2) is 11.1 Å². The topological polar surface area (TPSA) is 116 Å². The lowest BCUT2D eigenvalue weighted by Crippen LogP contribution is -2.39. The molecule has 1 atom stereocenters. The maximum absolute atomic E-state index is 12.0. The van der Waals surface area contributed by atoms with Crippen LogP contribution >= 0.6 is 0 Å². The second-order valence-corrected chi connectivity index (χ2v) is 5.69. The molecule has 0 fully saturated rings. The van der Waals surface area contributed by atoms with Crippen molar-refractivity contribution in [2.45, 2.75) is 37.8 Å². The summed E-state index contributed by atoms with van der Waals surface area (Å²) in [6, 6.07) is -0.996. The largest absolute Gasteiger partial charge is 0.468 e. The number of nitrogen functional groups attached to an aromatic ring is 1. The summed E-state index contributed by atoms with van der Waals surface area (Å²) < 4.78 is 32.2. The first-order valence-corrected chi connectivity index (χ1v) is 7.23. The molecule has 8 nitrogen and oxygen atoms in total. The molecular formula is C10H18N4O4S. The Hall–Kier alpha value is -1.61. The number of carbonyl (C=O) groups excluding carboxylic acids is 1. The number of sulfonamides is 1. The number of hydrogen-bond acceptors (Lipinski definition) is 6. The second kappa shape index (κ2) is 6.02. The van der Waals surface area contributed by atoms with Gasteiger partial charge in [-0.3, -0.25) is 9.48 Å². The average molecular weight is 290 g/mol. The second-order valence-electron chi connectivity index (χ2n) is 4.01. The van der Waals surface area contributed by atoms with E-state index in [1.165, 1.54) is 24.9 Å². The van der Waals surface area contributed by atoms with Gasteiger partial charge in [-0.15, -0.1) is 0 Å². The van der Waals surface area contributed by atoms with E-state index in [2.05, 4.69) is 14.6 Å². The predicted molar refractivity (Wildman–Crippen MR) is 68.7 cm³/mol. The van der Waals surface area contributed by atoms with Gasteiger partial charge in [-0.1, -0.05) is 6.92 Å². The van der Waals surface area contributed by atoms with E-state index >= 15 is 0 Å². The molecule has 9 heteroatoms. The van der Waals surface area contributed by atoms with E-state index in [1.807, 2.05) is 6.92 Å². The summed E-state index contributed by atoms with van der Waals surface area (Å²) in [7, 11) is -2.72. The normalized spacial score (nSPS) is 13.2. The first kappa shape index (κ1) is 15.4. The molecule has 0 saturated carbocycles. The Balaban J connectivity index is 2.97. The zero-order chi connectivity index (χ0) is 14.6. The fraction of sp³-hybridized carbons (Fsp3) is 0.600. The van der Waals surface area contributed by atoms with Gasteiger partial charge in [0, 0.05) is 12.7 Å². The third-order valence-corrected chi connectivity index (χ3v) is 3.94. The number of aromatic nitrogens is 2. The van der Waals surface area contributed by atoms with Crippen LogP contribution in [0.2, 0.25) is 0 Å². The quantitative estimate of drug-likeness (QED) is 0.696. The fourth-order valence-corrected chi connectivity index (χ4v) is 2.76. The SMILES string of the molecule is CCCn1cc(S(=O)(=O)NC(C)C(=O)OC)c(N)n1. The van der Waals surface area contributed by atoms with Gasteiger partial charge in [-0.2, -0.15) is 9.82 Å². The van der Waals surface area contributed by atoms with Crippen molar-refractivity contribution in [3.63, 3.8) is 0 Å². The maximum Gasteiger partial charge on any atom is 0.323 e. The summed E-state index contributed by atoms with van der Waals surface area (Å²) in [6.45, 7) is 3.88. The maximum atomic E-state index is 12.0. The summed E-state index contributed by atoms with van der Waals surface area (Å²) in [4.78, 5) is 11.1. The Morgan fingerprint density at radius 1 is 1.63 bits per heavy atom. The highest BCUT2D eigenvalue weighted by atomic mass is 32.2. The minimum Gasteiger partial charge on any atom is -0.468 e. The fourth-order valence-electron chi connectivity index (χ4n) is 1.49. The number of nitrogens with one attached hydrogen (secondary N) is 1. The van der Waals surface area contributed by atoms with Gasteiger partial charge in [0.2, 0.25) is 10.0 Å². The Labute approximate surface area is 112 Å². The molecule has 1 heterocycles. The molecule has 1 aromatic rings. The molecule has 0 bridgehead atoms. The monoisotopic (exact) mass is 290 g/mol. The summed E-state index contributed by atoms with van der Waals surface area (Å²) in [5, 5.41) is 3.90. The number of carbonyl (C=O) groups is 1. The number of ether oxygens (including phenoxy) is 1. The summed E-state index contributed by atoms with van der Waals surface area (Å²) in [5.41, 5.74) is 5.57. The molecule has 0 aliphatic rings. The van der Waals surface area contributed by atoms with Gasteiger partial charge in [0.25, 0.3) is 0 Å². The number of anilines is 1. The van der Waals surface area contributed by atoms with Crippen molar-refractivity contribution in [1.29, 1.82) is 0 Å². The zero-order valence-corrected chi connectivity index (χ0v) is 11.9. The number of methoxy groups -OCH3 is 1. The lowest BCUT2D eigenvalue weighted by molar-refractivity contribution is -0.142. The lowest BCUT2D eigenvalue weighted by Gasteiger charge is -2.11. The first-order valence-electron chi connectivity index (χ1n) is 5.75. The van der Waals surface area contributed by atoms with E-state index in [-0.39, 0.29) is 10.7 Å². The van der Waals surface area contributed by atoms with Crippen molar-refractivity contribution < 1.29 is 17.9 Å². The molecule has 0 radical (unpaired) electrons. The first-order chi connectivity index (χ1) is 8.81. The number of rotatable bonds is 6. The third kappa shape index (κ3) is 3.67. The summed E-state index contributed by atoms with van der Waals surface area (Å²) in [5.74, 6) is -0.777. The molecule has 0 spiro atoms. The van der Waals surface area contributed by atoms with Gasteiger partial charge in [-0.05, 0) is 13.3 Å². The van der Waals surface area contributed by atoms with E-state index in [9.17, 15) is 13.2 Å². The van der Waals surface area contributed by atoms with Crippen LogP contribution in [0.1, 0.15) is 20.3 Å². The highest BCUT2D eigenvalue weighted by molar-refractivity contribution is 7.89. The van der Waals surface area contributed by atoms with Gasteiger partial charge in [-0.25, -0.2) is 8.42 Å². The molecular weight excluding hydrogens is 272 g/mol. The van der Waals surface area contributed by atoms with Gasteiger partial charge >= 0.3 is 5.97 Å². The molecule has 3 N–H and O–H groups in total. The van der Waals surface area contributed by atoms with Crippen molar-refractivity contribution in [2.75, 3.05) is 12.8 Å². The van der Waals surface area contributed by atoms with Crippen LogP contribution in [0.25, 0.3) is 0 Å². The number of hydrogen-bond donors (Lipinski definition) is 2. The van der Waals surface area contributed by atoms with Crippen molar-refractivity contribution in [3.05, 3.63) is 6.20 Å². The average Bonchev–Trinajstić information content (AvgIpc) is 2.70. The molecule has 0 aromatic carbocycles. The van der Waals surface area contributed by atoms with Crippen LogP contribution in [0.4, 0.5) is 5.82 Å². The Bertz CT molecular complexity index is 552. The predicted octanol–water partition coefficient (Wildman–Crippen LogP) is -0.285. The smallest absolute Gasteiger partial charge is 0.323 e. The zero-order valence-electron chi connectivity index (χ0n) is 11.1. The molecule has 0 amide bonds. The molecule has 1 aromatic heterocycles. The number of aryl methyl sites for hydroxylation is 1. The minimum atomic E-state index is -3.90. The Morgan fingerprint density at radius 2 is 2.26 bits per heavy atom. The Morgan fingerprint density at radius 3 is 2.79 bits per heavy atom. The van der Waals surface area contributed by atoms with E-state index in [0.717, 1.165) is 6.42 Å². The van der Waals surface area contributed by atoms with Crippen LogP contribution in [-0.4, -0.2) is 37.3 Å². The van der Waals surface area contributed by atoms with Crippen molar-refractivity contribution in [2.24, 2.45) is 0 Å². The number of nitrogens with two attached hydrogens (primary N) is 1. The standard InChI is InChI=1S/C10H18N4O4S/c1-4-5-14-6-8(9(11)12-14)19(16,17)13-7(2)10(15)18-3/h6-7,13H,4-5H2,1-3H3,(H2,11,12). The van der Waals surface area contributed by atoms with Gasteiger partial charge in [0.05, 0.1) is 7.11 Å². The van der Waals surface area contributed by atoms with Gasteiger partial charge in [0.1, 0.15) is 10.9 Å². The highest BCUT2D eigenvalue weighted by Gasteiger charge is 2.26. The molecule has 0 aliphatic carbocycles. The van der Waals surface area contributed by atoms with Gasteiger partial charge in [0.15, 0.2) is 5.82 Å². The Kier molecular flexibility index (Phi) is 4.90. The van der Waals surface area contributed by atoms with Gasteiger partial charge < -0.3 is 10.5 Å². The molecule has 0 saturated heterocycles. The summed E-state index contributed by atoms with van der Waals surface area (Å²) in [6.07, 6.45) is 2.14. The third-order valence-electron chi connectivity index (χ3n) is 2.38. The molecule has 1 unspecified atom stereocenters.